The van der Waals surface area contributed by atoms with Crippen molar-refractivity contribution in [1.82, 2.24) is 0 Å². The predicted octanol–water partition coefficient (Wildman–Crippen LogP) is 3.80. The standard InChI is InChI=1S/C14H22OS/c1-10(2)14(5,15)9-16-13-7-6-11(3)8-12(13)4/h6-8,10,15H,9H2,1-5H3. The number of thioether (sulfide) groups is 1. The molecule has 1 aromatic carbocycles. The summed E-state index contributed by atoms with van der Waals surface area (Å²) in [5.74, 6) is 1.03. The second-order valence-electron chi connectivity index (χ2n) is 5.07. The van der Waals surface area contributed by atoms with Gasteiger partial charge in [0.25, 0.3) is 0 Å². The van der Waals surface area contributed by atoms with Crippen LogP contribution >= 0.6 is 11.8 Å². The molecule has 1 N–H and O–H groups in total. The van der Waals surface area contributed by atoms with E-state index in [-0.39, 0.29) is 5.92 Å². The third-order valence-corrected chi connectivity index (χ3v) is 4.59. The fourth-order valence-electron chi connectivity index (χ4n) is 1.35. The molecule has 0 aliphatic heterocycles. The molecule has 90 valence electrons. The topological polar surface area (TPSA) is 20.2 Å². The van der Waals surface area contributed by atoms with Crippen molar-refractivity contribution < 1.29 is 5.11 Å². The van der Waals surface area contributed by atoms with Gasteiger partial charge in [0, 0.05) is 10.6 Å². The molecule has 1 aromatic rings. The van der Waals surface area contributed by atoms with Crippen molar-refractivity contribution in [2.45, 2.75) is 45.1 Å². The van der Waals surface area contributed by atoms with Crippen LogP contribution in [0.4, 0.5) is 0 Å². The Morgan fingerprint density at radius 3 is 2.44 bits per heavy atom. The van der Waals surface area contributed by atoms with Crippen LogP contribution in [0.2, 0.25) is 0 Å². The molecule has 1 nitrogen and oxygen atoms in total. The van der Waals surface area contributed by atoms with Gasteiger partial charge >= 0.3 is 0 Å². The lowest BCUT2D eigenvalue weighted by molar-refractivity contribution is 0.0376. The van der Waals surface area contributed by atoms with Crippen LogP contribution in [-0.4, -0.2) is 16.5 Å². The Kier molecular flexibility index (Phi) is 4.45. The van der Waals surface area contributed by atoms with Gasteiger partial charge in [-0.3, -0.25) is 0 Å². The Balaban J connectivity index is 2.68. The van der Waals surface area contributed by atoms with Crippen LogP contribution in [0.3, 0.4) is 0 Å². The lowest BCUT2D eigenvalue weighted by atomic mass is 9.95. The summed E-state index contributed by atoms with van der Waals surface area (Å²) in [5, 5.41) is 10.2. The number of benzene rings is 1. The van der Waals surface area contributed by atoms with E-state index in [4.69, 9.17) is 0 Å². The molecule has 2 heteroatoms. The van der Waals surface area contributed by atoms with Crippen molar-refractivity contribution in [2.75, 3.05) is 5.75 Å². The van der Waals surface area contributed by atoms with E-state index >= 15 is 0 Å². The number of hydrogen-bond acceptors (Lipinski definition) is 2. The van der Waals surface area contributed by atoms with Crippen molar-refractivity contribution in [3.05, 3.63) is 29.3 Å². The summed E-state index contributed by atoms with van der Waals surface area (Å²) in [7, 11) is 0. The number of aryl methyl sites for hydroxylation is 2. The van der Waals surface area contributed by atoms with E-state index in [2.05, 4.69) is 45.9 Å². The summed E-state index contributed by atoms with van der Waals surface area (Å²) >= 11 is 1.74. The van der Waals surface area contributed by atoms with E-state index < -0.39 is 5.60 Å². The summed E-state index contributed by atoms with van der Waals surface area (Å²) in [4.78, 5) is 1.27. The van der Waals surface area contributed by atoms with Crippen LogP contribution in [0.1, 0.15) is 31.9 Å². The molecule has 0 bridgehead atoms. The van der Waals surface area contributed by atoms with Crippen molar-refractivity contribution in [1.29, 1.82) is 0 Å². The molecule has 1 rings (SSSR count). The van der Waals surface area contributed by atoms with E-state index in [1.807, 2.05) is 6.92 Å². The second kappa shape index (κ2) is 5.24. The van der Waals surface area contributed by atoms with Crippen LogP contribution in [0.5, 0.6) is 0 Å². The Morgan fingerprint density at radius 2 is 1.94 bits per heavy atom. The Bertz CT molecular complexity index is 356. The predicted molar refractivity (Wildman–Crippen MR) is 72.1 cm³/mol. The SMILES string of the molecule is Cc1ccc(SCC(C)(O)C(C)C)c(C)c1. The average Bonchev–Trinajstić information content (AvgIpc) is 2.16. The Labute approximate surface area is 103 Å². The smallest absolute Gasteiger partial charge is 0.0736 e. The largest absolute Gasteiger partial charge is 0.389 e. The zero-order chi connectivity index (χ0) is 12.3. The molecule has 1 atom stereocenters. The summed E-state index contributed by atoms with van der Waals surface area (Å²) in [6.45, 7) is 10.3. The highest BCUT2D eigenvalue weighted by Gasteiger charge is 2.24. The fraction of sp³-hybridized carbons (Fsp3) is 0.571. The summed E-state index contributed by atoms with van der Waals surface area (Å²) in [6, 6.07) is 6.46. The summed E-state index contributed by atoms with van der Waals surface area (Å²) < 4.78 is 0. The van der Waals surface area contributed by atoms with Gasteiger partial charge in [0.1, 0.15) is 0 Å². The highest BCUT2D eigenvalue weighted by Crippen LogP contribution is 2.29. The van der Waals surface area contributed by atoms with Crippen LogP contribution in [0.15, 0.2) is 23.1 Å². The monoisotopic (exact) mass is 238 g/mol. The zero-order valence-corrected chi connectivity index (χ0v) is 11.7. The van der Waals surface area contributed by atoms with Gasteiger partial charge in [-0.05, 0) is 38.3 Å². The molecule has 1 unspecified atom stereocenters. The second-order valence-corrected chi connectivity index (χ2v) is 6.09. The first kappa shape index (κ1) is 13.6. The van der Waals surface area contributed by atoms with Crippen LogP contribution in [-0.2, 0) is 0 Å². The third-order valence-electron chi connectivity index (χ3n) is 3.09. The lowest BCUT2D eigenvalue weighted by Gasteiger charge is -2.27. The van der Waals surface area contributed by atoms with Crippen molar-refractivity contribution in [3.63, 3.8) is 0 Å². The summed E-state index contributed by atoms with van der Waals surface area (Å²) in [6.07, 6.45) is 0. The van der Waals surface area contributed by atoms with Gasteiger partial charge in [-0.15, -0.1) is 11.8 Å². The molecule has 0 fully saturated rings. The van der Waals surface area contributed by atoms with Gasteiger partial charge in [0.2, 0.25) is 0 Å². The molecule has 16 heavy (non-hydrogen) atoms. The van der Waals surface area contributed by atoms with E-state index in [1.54, 1.807) is 11.8 Å². The average molecular weight is 238 g/mol. The quantitative estimate of drug-likeness (QED) is 0.805. The van der Waals surface area contributed by atoms with Gasteiger partial charge < -0.3 is 5.11 Å². The lowest BCUT2D eigenvalue weighted by Crippen LogP contribution is -2.33. The summed E-state index contributed by atoms with van der Waals surface area (Å²) in [5.41, 5.74) is 1.99. The first-order valence-corrected chi connectivity index (χ1v) is 6.74. The van der Waals surface area contributed by atoms with Gasteiger partial charge in [0.15, 0.2) is 0 Å². The molecule has 0 radical (unpaired) electrons. The minimum atomic E-state index is -0.595. The van der Waals surface area contributed by atoms with Gasteiger partial charge in [-0.1, -0.05) is 31.5 Å². The van der Waals surface area contributed by atoms with E-state index in [0.29, 0.717) is 0 Å². The van der Waals surface area contributed by atoms with Crippen molar-refractivity contribution >= 4 is 11.8 Å². The number of aliphatic hydroxyl groups is 1. The normalized spacial score (nSPS) is 15.2. The zero-order valence-electron chi connectivity index (χ0n) is 10.9. The first-order chi connectivity index (χ1) is 7.33. The molecule has 0 aliphatic rings. The molecule has 0 saturated carbocycles. The molecule has 0 amide bonds. The van der Waals surface area contributed by atoms with Crippen LogP contribution in [0.25, 0.3) is 0 Å². The Hall–Kier alpha value is -0.470. The maximum Gasteiger partial charge on any atom is 0.0736 e. The molecule has 0 aliphatic carbocycles. The molecule has 0 heterocycles. The molecule has 0 spiro atoms. The van der Waals surface area contributed by atoms with Crippen molar-refractivity contribution in [2.24, 2.45) is 5.92 Å². The molecular formula is C14H22OS. The minimum Gasteiger partial charge on any atom is -0.389 e. The molecule has 0 saturated heterocycles. The first-order valence-electron chi connectivity index (χ1n) is 5.75. The van der Waals surface area contributed by atoms with Crippen LogP contribution in [0, 0.1) is 19.8 Å². The highest BCUT2D eigenvalue weighted by atomic mass is 32.2. The van der Waals surface area contributed by atoms with Gasteiger partial charge in [-0.25, -0.2) is 0 Å². The Morgan fingerprint density at radius 1 is 1.31 bits per heavy atom. The molecule has 0 aromatic heterocycles. The minimum absolute atomic E-state index is 0.283. The number of hydrogen-bond donors (Lipinski definition) is 1. The van der Waals surface area contributed by atoms with E-state index in [0.717, 1.165) is 5.75 Å². The maximum absolute atomic E-state index is 10.2. The van der Waals surface area contributed by atoms with E-state index in [1.165, 1.54) is 16.0 Å². The van der Waals surface area contributed by atoms with Gasteiger partial charge in [0.05, 0.1) is 5.60 Å². The molecular weight excluding hydrogens is 216 g/mol. The third kappa shape index (κ3) is 3.53. The van der Waals surface area contributed by atoms with E-state index in [9.17, 15) is 5.11 Å². The number of rotatable bonds is 4. The highest BCUT2D eigenvalue weighted by molar-refractivity contribution is 7.99. The van der Waals surface area contributed by atoms with Crippen LogP contribution < -0.4 is 0 Å². The van der Waals surface area contributed by atoms with Crippen molar-refractivity contribution in [3.8, 4) is 0 Å². The maximum atomic E-state index is 10.2. The fourth-order valence-corrected chi connectivity index (χ4v) is 2.58. The van der Waals surface area contributed by atoms with Gasteiger partial charge in [-0.2, -0.15) is 0 Å².